The van der Waals surface area contributed by atoms with Crippen molar-refractivity contribution in [1.82, 2.24) is 0 Å². The van der Waals surface area contributed by atoms with Crippen molar-refractivity contribution >= 4 is 18.5 Å². The van der Waals surface area contributed by atoms with Crippen LogP contribution in [0.15, 0.2) is 16.5 Å². The second-order valence-corrected chi connectivity index (χ2v) is 5.67. The molecule has 2 N–H and O–H groups in total. The summed E-state index contributed by atoms with van der Waals surface area (Å²) < 4.78 is 16.2. The number of rotatable bonds is 1. The SMILES string of the molecule is CP(C)(=O)c1ccc(N)o1. The Bertz CT molecular complexity index is 273. The fourth-order valence-electron chi connectivity index (χ4n) is 0.632. The minimum absolute atomic E-state index is 0.318. The highest BCUT2D eigenvalue weighted by Gasteiger charge is 2.14. The third kappa shape index (κ3) is 1.42. The highest BCUT2D eigenvalue weighted by Crippen LogP contribution is 2.35. The molecule has 10 heavy (non-hydrogen) atoms. The van der Waals surface area contributed by atoms with Gasteiger partial charge in [-0.1, -0.05) is 0 Å². The van der Waals surface area contributed by atoms with Crippen molar-refractivity contribution in [1.29, 1.82) is 0 Å². The Kier molecular flexibility index (Phi) is 1.61. The Labute approximate surface area is 59.6 Å². The first kappa shape index (κ1) is 7.42. The summed E-state index contributed by atoms with van der Waals surface area (Å²) in [5, 5.41) is 0. The van der Waals surface area contributed by atoms with Gasteiger partial charge in [0.1, 0.15) is 7.14 Å². The molecular weight excluding hydrogens is 149 g/mol. The molecular formula is C6H10NO2P. The third-order valence-electron chi connectivity index (χ3n) is 1.14. The van der Waals surface area contributed by atoms with Crippen molar-refractivity contribution in [3.05, 3.63) is 12.1 Å². The third-order valence-corrected chi connectivity index (χ3v) is 2.45. The molecule has 1 heterocycles. The molecule has 0 bridgehead atoms. The van der Waals surface area contributed by atoms with Crippen LogP contribution in [0, 0.1) is 0 Å². The minimum Gasteiger partial charge on any atom is -0.438 e. The maximum absolute atomic E-state index is 11.3. The van der Waals surface area contributed by atoms with Crippen molar-refractivity contribution < 1.29 is 8.98 Å². The first-order valence-corrected chi connectivity index (χ1v) is 5.51. The summed E-state index contributed by atoms with van der Waals surface area (Å²) in [5.41, 5.74) is 5.78. The van der Waals surface area contributed by atoms with Crippen molar-refractivity contribution in [3.63, 3.8) is 0 Å². The van der Waals surface area contributed by atoms with Crippen LogP contribution in [0.1, 0.15) is 0 Å². The lowest BCUT2D eigenvalue weighted by Gasteiger charge is -1.98. The molecule has 1 aromatic heterocycles. The molecule has 0 aromatic carbocycles. The van der Waals surface area contributed by atoms with Crippen LogP contribution in [-0.2, 0) is 4.57 Å². The molecule has 0 saturated carbocycles. The lowest BCUT2D eigenvalue weighted by atomic mass is 10.6. The number of anilines is 1. The van der Waals surface area contributed by atoms with Gasteiger partial charge in [-0.25, -0.2) is 0 Å². The lowest BCUT2D eigenvalue weighted by Crippen LogP contribution is -1.97. The predicted octanol–water partition coefficient (Wildman–Crippen LogP) is 1.11. The Morgan fingerprint density at radius 3 is 2.30 bits per heavy atom. The molecule has 3 nitrogen and oxygen atoms in total. The zero-order chi connectivity index (χ0) is 7.78. The van der Waals surface area contributed by atoms with Crippen LogP contribution >= 0.6 is 7.14 Å². The normalized spacial score (nSPS) is 11.8. The van der Waals surface area contributed by atoms with Crippen LogP contribution in [0.4, 0.5) is 5.88 Å². The number of hydrogen-bond donors (Lipinski definition) is 1. The molecule has 56 valence electrons. The van der Waals surface area contributed by atoms with E-state index in [9.17, 15) is 4.57 Å². The monoisotopic (exact) mass is 159 g/mol. The zero-order valence-corrected chi connectivity index (χ0v) is 6.89. The highest BCUT2D eigenvalue weighted by atomic mass is 31.2. The van der Waals surface area contributed by atoms with E-state index < -0.39 is 7.14 Å². The molecule has 0 aliphatic heterocycles. The topological polar surface area (TPSA) is 56.2 Å². The lowest BCUT2D eigenvalue weighted by molar-refractivity contribution is 0.570. The van der Waals surface area contributed by atoms with E-state index in [0.717, 1.165) is 0 Å². The first-order valence-electron chi connectivity index (χ1n) is 2.91. The number of nitrogen functional groups attached to an aromatic ring is 1. The van der Waals surface area contributed by atoms with Crippen molar-refractivity contribution in [2.45, 2.75) is 0 Å². The van der Waals surface area contributed by atoms with Gasteiger partial charge in [-0.2, -0.15) is 0 Å². The summed E-state index contributed by atoms with van der Waals surface area (Å²) >= 11 is 0. The van der Waals surface area contributed by atoms with Crippen LogP contribution in [0.5, 0.6) is 0 Å². The van der Waals surface area contributed by atoms with Crippen molar-refractivity contribution in [3.8, 4) is 0 Å². The first-order chi connectivity index (χ1) is 4.50. The molecule has 0 saturated heterocycles. The van der Waals surface area contributed by atoms with Crippen LogP contribution in [0.3, 0.4) is 0 Å². The quantitative estimate of drug-likeness (QED) is 0.624. The van der Waals surface area contributed by atoms with Gasteiger partial charge in [-0.15, -0.1) is 0 Å². The van der Waals surface area contributed by atoms with Crippen LogP contribution in [0.25, 0.3) is 0 Å². The Morgan fingerprint density at radius 1 is 1.50 bits per heavy atom. The van der Waals surface area contributed by atoms with E-state index in [2.05, 4.69) is 0 Å². The van der Waals surface area contributed by atoms with E-state index in [4.69, 9.17) is 10.2 Å². The van der Waals surface area contributed by atoms with E-state index in [1.54, 1.807) is 25.5 Å². The second kappa shape index (κ2) is 2.17. The summed E-state index contributed by atoms with van der Waals surface area (Å²) in [4.78, 5) is 0. The van der Waals surface area contributed by atoms with Gasteiger partial charge >= 0.3 is 0 Å². The summed E-state index contributed by atoms with van der Waals surface area (Å²) in [6, 6.07) is 3.26. The molecule has 1 rings (SSSR count). The van der Waals surface area contributed by atoms with Crippen molar-refractivity contribution in [2.24, 2.45) is 0 Å². The summed E-state index contributed by atoms with van der Waals surface area (Å²) in [5.74, 6) is 0.318. The number of nitrogens with two attached hydrogens (primary N) is 1. The number of furan rings is 1. The predicted molar refractivity (Wildman–Crippen MR) is 42.2 cm³/mol. The second-order valence-electron chi connectivity index (χ2n) is 2.53. The molecule has 4 heteroatoms. The average Bonchev–Trinajstić information content (AvgIpc) is 2.11. The zero-order valence-electron chi connectivity index (χ0n) is 6.00. The van der Waals surface area contributed by atoms with Gasteiger partial charge in [0.25, 0.3) is 0 Å². The van der Waals surface area contributed by atoms with Gasteiger partial charge in [0.2, 0.25) is 0 Å². The van der Waals surface area contributed by atoms with E-state index in [0.29, 0.717) is 11.4 Å². The minimum atomic E-state index is -2.24. The molecule has 0 aliphatic carbocycles. The van der Waals surface area contributed by atoms with E-state index in [1.807, 2.05) is 0 Å². The molecule has 0 atom stereocenters. The average molecular weight is 159 g/mol. The van der Waals surface area contributed by atoms with Crippen LogP contribution in [-0.4, -0.2) is 13.3 Å². The standard InChI is InChI=1S/C6H10NO2P/c1-10(2,8)6-4-3-5(7)9-6/h3-4H,7H2,1-2H3. The van der Waals surface area contributed by atoms with Gasteiger partial charge in [0.15, 0.2) is 11.4 Å². The van der Waals surface area contributed by atoms with E-state index in [-0.39, 0.29) is 0 Å². The summed E-state index contributed by atoms with van der Waals surface area (Å²) in [6.45, 7) is 3.29. The van der Waals surface area contributed by atoms with Crippen molar-refractivity contribution in [2.75, 3.05) is 19.1 Å². The number of hydrogen-bond acceptors (Lipinski definition) is 3. The van der Waals surface area contributed by atoms with E-state index in [1.165, 1.54) is 0 Å². The fraction of sp³-hybridized carbons (Fsp3) is 0.333. The Hall–Kier alpha value is -0.690. The van der Waals surface area contributed by atoms with Gasteiger partial charge in [-0.3, -0.25) is 0 Å². The van der Waals surface area contributed by atoms with E-state index >= 15 is 0 Å². The maximum atomic E-state index is 11.3. The maximum Gasteiger partial charge on any atom is 0.191 e. The summed E-state index contributed by atoms with van der Waals surface area (Å²) in [7, 11) is -2.24. The van der Waals surface area contributed by atoms with Gasteiger partial charge < -0.3 is 14.7 Å². The molecule has 0 aliphatic rings. The molecule has 0 radical (unpaired) electrons. The molecule has 0 unspecified atom stereocenters. The van der Waals surface area contributed by atoms with Gasteiger partial charge in [-0.05, 0) is 19.4 Å². The molecule has 0 fully saturated rings. The molecule has 0 spiro atoms. The van der Waals surface area contributed by atoms with Crippen LogP contribution in [0.2, 0.25) is 0 Å². The Morgan fingerprint density at radius 2 is 2.10 bits per heavy atom. The Balaban J connectivity index is 3.08. The highest BCUT2D eigenvalue weighted by molar-refractivity contribution is 7.69. The van der Waals surface area contributed by atoms with Gasteiger partial charge in [0, 0.05) is 6.07 Å². The van der Waals surface area contributed by atoms with Gasteiger partial charge in [0.05, 0.1) is 0 Å². The smallest absolute Gasteiger partial charge is 0.191 e. The summed E-state index contributed by atoms with van der Waals surface area (Å²) in [6.07, 6.45) is 0. The van der Waals surface area contributed by atoms with Crippen LogP contribution < -0.4 is 11.2 Å². The molecule has 1 aromatic rings. The fourth-order valence-corrected chi connectivity index (χ4v) is 1.39. The molecule has 0 amide bonds. The largest absolute Gasteiger partial charge is 0.438 e.